The molecule has 0 bridgehead atoms. The van der Waals surface area contributed by atoms with E-state index in [0.717, 1.165) is 5.56 Å². The van der Waals surface area contributed by atoms with E-state index < -0.39 is 5.97 Å². The Kier molecular flexibility index (Phi) is 8.51. The number of carboxylic acids is 1. The van der Waals surface area contributed by atoms with Crippen molar-refractivity contribution >= 4 is 11.8 Å². The molecule has 178 valence electrons. The van der Waals surface area contributed by atoms with Gasteiger partial charge in [-0.3, -0.25) is 4.79 Å². The third-order valence-corrected chi connectivity index (χ3v) is 5.35. The summed E-state index contributed by atoms with van der Waals surface area (Å²) in [6, 6.07) is 17.1. The van der Waals surface area contributed by atoms with Crippen molar-refractivity contribution in [2.75, 3.05) is 20.3 Å². The van der Waals surface area contributed by atoms with Crippen molar-refractivity contribution < 1.29 is 34.0 Å². The zero-order chi connectivity index (χ0) is 24.5. The van der Waals surface area contributed by atoms with Crippen LogP contribution in [0.4, 0.5) is 0 Å². The van der Waals surface area contributed by atoms with E-state index in [9.17, 15) is 14.7 Å². The van der Waals surface area contributed by atoms with Gasteiger partial charge in [-0.2, -0.15) is 0 Å². The maximum absolute atomic E-state index is 12.6. The van der Waals surface area contributed by atoms with Gasteiger partial charge in [-0.25, -0.2) is 4.79 Å². The van der Waals surface area contributed by atoms with Crippen molar-refractivity contribution in [1.29, 1.82) is 0 Å². The van der Waals surface area contributed by atoms with E-state index in [0.29, 0.717) is 48.9 Å². The van der Waals surface area contributed by atoms with E-state index in [-0.39, 0.29) is 29.1 Å². The molecule has 0 aliphatic heterocycles. The summed E-state index contributed by atoms with van der Waals surface area (Å²) >= 11 is 0. The number of benzene rings is 3. The summed E-state index contributed by atoms with van der Waals surface area (Å²) in [6.45, 7) is 2.47. The van der Waals surface area contributed by atoms with Gasteiger partial charge in [-0.05, 0) is 55.7 Å². The first-order valence-corrected chi connectivity index (χ1v) is 11.0. The predicted octanol–water partition coefficient (Wildman–Crippen LogP) is 5.07. The standard InChI is InChI=1S/C27H28O7/c1-18-23(13-11-21(26(18)29)22(28)16-19-8-4-3-5-9-19)33-14-6-7-15-34-25-17-20(27(30)31)10-12-24(25)32-2/h3-5,8-13,17,29H,6-7,14-16H2,1-2H3,(H,30,31). The highest BCUT2D eigenvalue weighted by atomic mass is 16.5. The Hall–Kier alpha value is -4.00. The van der Waals surface area contributed by atoms with Gasteiger partial charge >= 0.3 is 5.97 Å². The molecule has 7 heteroatoms. The summed E-state index contributed by atoms with van der Waals surface area (Å²) in [5.74, 6) is 0.108. The second-order valence-electron chi connectivity index (χ2n) is 7.75. The van der Waals surface area contributed by atoms with Crippen molar-refractivity contribution in [2.45, 2.75) is 26.2 Å². The van der Waals surface area contributed by atoms with E-state index in [1.165, 1.54) is 19.2 Å². The van der Waals surface area contributed by atoms with E-state index in [1.807, 2.05) is 30.3 Å². The first kappa shape index (κ1) is 24.6. The molecule has 0 amide bonds. The highest BCUT2D eigenvalue weighted by molar-refractivity contribution is 6.00. The van der Waals surface area contributed by atoms with Crippen LogP contribution >= 0.6 is 0 Å². The SMILES string of the molecule is COc1ccc(C(=O)O)cc1OCCCCOc1ccc(C(=O)Cc2ccccc2)c(O)c1C. The Morgan fingerprint density at radius 1 is 0.853 bits per heavy atom. The van der Waals surface area contributed by atoms with Gasteiger partial charge in [0.15, 0.2) is 17.3 Å². The summed E-state index contributed by atoms with van der Waals surface area (Å²) in [4.78, 5) is 23.7. The van der Waals surface area contributed by atoms with Crippen LogP contribution in [-0.4, -0.2) is 42.3 Å². The Bertz CT molecular complexity index is 1140. The number of rotatable bonds is 12. The van der Waals surface area contributed by atoms with E-state index in [4.69, 9.17) is 19.3 Å². The normalized spacial score (nSPS) is 10.5. The molecule has 0 heterocycles. The third-order valence-electron chi connectivity index (χ3n) is 5.35. The fourth-order valence-corrected chi connectivity index (χ4v) is 3.43. The number of carboxylic acid groups (broad SMARTS) is 1. The van der Waals surface area contributed by atoms with Crippen LogP contribution in [0.3, 0.4) is 0 Å². The first-order chi connectivity index (χ1) is 16.4. The number of hydrogen-bond acceptors (Lipinski definition) is 6. The van der Waals surface area contributed by atoms with Gasteiger partial charge in [0.1, 0.15) is 11.5 Å². The number of methoxy groups -OCH3 is 1. The zero-order valence-electron chi connectivity index (χ0n) is 19.2. The second-order valence-corrected chi connectivity index (χ2v) is 7.75. The highest BCUT2D eigenvalue weighted by Gasteiger charge is 2.16. The third kappa shape index (κ3) is 6.28. The number of aromatic hydroxyl groups is 1. The molecule has 0 saturated heterocycles. The minimum absolute atomic E-state index is 0.0628. The van der Waals surface area contributed by atoms with Gasteiger partial charge in [-0.1, -0.05) is 30.3 Å². The zero-order valence-corrected chi connectivity index (χ0v) is 19.2. The lowest BCUT2D eigenvalue weighted by Gasteiger charge is -2.14. The number of ether oxygens (including phenoxy) is 3. The molecule has 3 aromatic carbocycles. The Balaban J connectivity index is 1.49. The molecule has 0 radical (unpaired) electrons. The Labute approximate surface area is 198 Å². The number of phenolic OH excluding ortho intramolecular Hbond substituents is 1. The minimum atomic E-state index is -1.03. The molecular formula is C27H28O7. The van der Waals surface area contributed by atoms with Gasteiger partial charge in [-0.15, -0.1) is 0 Å². The van der Waals surface area contributed by atoms with Gasteiger partial charge in [0.25, 0.3) is 0 Å². The molecule has 3 rings (SSSR count). The molecule has 3 aromatic rings. The average molecular weight is 465 g/mol. The van der Waals surface area contributed by atoms with Crippen molar-refractivity contribution in [3.63, 3.8) is 0 Å². The molecule has 2 N–H and O–H groups in total. The van der Waals surface area contributed by atoms with E-state index in [1.54, 1.807) is 25.1 Å². The van der Waals surface area contributed by atoms with Gasteiger partial charge in [0.05, 0.1) is 31.5 Å². The van der Waals surface area contributed by atoms with Gasteiger partial charge in [0, 0.05) is 12.0 Å². The summed E-state index contributed by atoms with van der Waals surface area (Å²) in [5.41, 5.74) is 1.81. The fraction of sp³-hybridized carbons (Fsp3) is 0.259. The maximum atomic E-state index is 12.6. The molecule has 0 fully saturated rings. The van der Waals surface area contributed by atoms with Crippen molar-refractivity contribution in [3.05, 3.63) is 82.9 Å². The van der Waals surface area contributed by atoms with Crippen LogP contribution in [0, 0.1) is 6.92 Å². The molecule has 7 nitrogen and oxygen atoms in total. The average Bonchev–Trinajstić information content (AvgIpc) is 2.84. The van der Waals surface area contributed by atoms with Gasteiger partial charge in [0.2, 0.25) is 0 Å². The largest absolute Gasteiger partial charge is 0.507 e. The topological polar surface area (TPSA) is 102 Å². The maximum Gasteiger partial charge on any atom is 0.335 e. The quantitative estimate of drug-likeness (QED) is 0.285. The second kappa shape index (κ2) is 11.7. The van der Waals surface area contributed by atoms with Crippen molar-refractivity contribution in [2.24, 2.45) is 0 Å². The summed E-state index contributed by atoms with van der Waals surface area (Å²) < 4.78 is 16.7. The number of Topliss-reactive ketones (excluding diaryl/α,β-unsaturated/α-hetero) is 1. The van der Waals surface area contributed by atoms with Crippen molar-refractivity contribution in [3.8, 4) is 23.0 Å². The number of ketones is 1. The number of aromatic carboxylic acids is 1. The van der Waals surface area contributed by atoms with Crippen LogP contribution < -0.4 is 14.2 Å². The van der Waals surface area contributed by atoms with E-state index in [2.05, 4.69) is 0 Å². The molecule has 0 aromatic heterocycles. The number of hydrogen-bond donors (Lipinski definition) is 2. The summed E-state index contributed by atoms with van der Waals surface area (Å²) in [6.07, 6.45) is 1.56. The first-order valence-electron chi connectivity index (χ1n) is 11.0. The Morgan fingerprint density at radius 2 is 1.50 bits per heavy atom. The predicted molar refractivity (Wildman–Crippen MR) is 127 cm³/mol. The van der Waals surface area contributed by atoms with Crippen LogP contribution in [0.5, 0.6) is 23.0 Å². The minimum Gasteiger partial charge on any atom is -0.507 e. The molecule has 0 spiro atoms. The molecule has 34 heavy (non-hydrogen) atoms. The van der Waals surface area contributed by atoms with Crippen LogP contribution in [0.15, 0.2) is 60.7 Å². The number of carbonyl (C=O) groups is 2. The van der Waals surface area contributed by atoms with Crippen LogP contribution in [0.25, 0.3) is 0 Å². The number of carbonyl (C=O) groups excluding carboxylic acids is 1. The van der Waals surface area contributed by atoms with E-state index >= 15 is 0 Å². The Morgan fingerprint density at radius 3 is 2.15 bits per heavy atom. The molecule has 0 unspecified atom stereocenters. The van der Waals surface area contributed by atoms with Crippen LogP contribution in [-0.2, 0) is 6.42 Å². The summed E-state index contributed by atoms with van der Waals surface area (Å²) in [5, 5.41) is 19.7. The molecular weight excluding hydrogens is 436 g/mol. The van der Waals surface area contributed by atoms with Crippen molar-refractivity contribution in [1.82, 2.24) is 0 Å². The lowest BCUT2D eigenvalue weighted by atomic mass is 10.00. The molecule has 0 atom stereocenters. The smallest absolute Gasteiger partial charge is 0.335 e. The molecule has 0 aliphatic carbocycles. The monoisotopic (exact) mass is 464 g/mol. The highest BCUT2D eigenvalue weighted by Crippen LogP contribution is 2.32. The van der Waals surface area contributed by atoms with Crippen LogP contribution in [0.1, 0.15) is 44.7 Å². The lowest BCUT2D eigenvalue weighted by molar-refractivity contribution is 0.0696. The molecule has 0 saturated carbocycles. The van der Waals surface area contributed by atoms with Gasteiger partial charge < -0.3 is 24.4 Å². The molecule has 0 aliphatic rings. The summed E-state index contributed by atoms with van der Waals surface area (Å²) in [7, 11) is 1.49. The lowest BCUT2D eigenvalue weighted by Crippen LogP contribution is -2.07. The number of unbranched alkanes of at least 4 members (excludes halogenated alkanes) is 1. The number of phenols is 1. The fourth-order valence-electron chi connectivity index (χ4n) is 3.43. The van der Waals surface area contributed by atoms with Crippen LogP contribution in [0.2, 0.25) is 0 Å².